The van der Waals surface area contributed by atoms with Gasteiger partial charge in [0, 0.05) is 73.6 Å². The maximum atomic E-state index is 12.8. The number of piperidine rings is 2. The molecule has 5 aromatic carbocycles. The quantitative estimate of drug-likeness (QED) is 0.111. The number of H-pyrrole nitrogens is 2. The first kappa shape index (κ1) is 45.2. The van der Waals surface area contributed by atoms with Crippen molar-refractivity contribution in [3.05, 3.63) is 152 Å². The molecule has 0 amide bonds. The Morgan fingerprint density at radius 3 is 2.02 bits per heavy atom. The van der Waals surface area contributed by atoms with Crippen LogP contribution in [0, 0.1) is 11.8 Å². The fourth-order valence-corrected chi connectivity index (χ4v) is 10.6. The molecule has 10 nitrogen and oxygen atoms in total. The molecule has 1 aliphatic carbocycles. The number of rotatable bonds is 13. The predicted octanol–water partition coefficient (Wildman–Crippen LogP) is 10.5. The van der Waals surface area contributed by atoms with Crippen LogP contribution in [0.25, 0.3) is 32.8 Å². The lowest BCUT2D eigenvalue weighted by Crippen LogP contribution is -2.39. The number of carbonyl (C=O) groups is 2. The van der Waals surface area contributed by atoms with Gasteiger partial charge in [0.1, 0.15) is 5.78 Å². The lowest BCUT2D eigenvalue weighted by atomic mass is 9.97. The topological polar surface area (TPSA) is 116 Å². The molecule has 2 aromatic heterocycles. The molecule has 3 fully saturated rings. The standard InChI is InChI=1S/C26H30BrN3O2.C26H27N3O2.CH4/c1-17(13-25(31)22-15-21(22)18-5-3-2-4-6-18)16-29-11-9-20(10-12-29)30-24-8-7-19(27)14-23(24)28-26(30)32;30-25(21-12-11-19-6-1-2-7-20(19)18-21)10-5-15-28-16-13-22(14-17-28)29-24-9-4-3-8-23(24)27-26(29)31;/h2-8,14,17,20-22H,9-13,15-16H2,1H3,(H,28,32);1-4,6-9,11-12,18,22H,5,10,13-17H2,(H,27,31);1H4/t17-,21-,22?;;/m1../s1. The molecule has 3 aliphatic rings. The summed E-state index contributed by atoms with van der Waals surface area (Å²) in [5.41, 5.74) is 5.83. The average Bonchev–Trinajstić information content (AvgIpc) is 3.95. The van der Waals surface area contributed by atoms with Gasteiger partial charge in [0.05, 0.1) is 22.1 Å². The van der Waals surface area contributed by atoms with E-state index >= 15 is 0 Å². The number of fused-ring (bicyclic) bond motifs is 3. The van der Waals surface area contributed by atoms with Crippen molar-refractivity contribution in [3.8, 4) is 0 Å². The average molecular weight is 926 g/mol. The van der Waals surface area contributed by atoms with Gasteiger partial charge in [-0.05, 0) is 110 Å². The van der Waals surface area contributed by atoms with E-state index in [4.69, 9.17) is 0 Å². The third kappa shape index (κ3) is 10.3. The predicted molar refractivity (Wildman–Crippen MR) is 263 cm³/mol. The molecule has 3 atom stereocenters. The van der Waals surface area contributed by atoms with E-state index < -0.39 is 0 Å². The number of halogens is 1. The number of hydrogen-bond acceptors (Lipinski definition) is 6. The molecule has 0 radical (unpaired) electrons. The smallest absolute Gasteiger partial charge is 0.306 e. The van der Waals surface area contributed by atoms with Gasteiger partial charge in [-0.2, -0.15) is 0 Å². The Morgan fingerprint density at radius 1 is 0.688 bits per heavy atom. The number of hydrogen-bond donors (Lipinski definition) is 2. The second-order valence-corrected chi connectivity index (χ2v) is 19.0. The summed E-state index contributed by atoms with van der Waals surface area (Å²) in [5, 5.41) is 2.28. The molecule has 1 unspecified atom stereocenters. The van der Waals surface area contributed by atoms with Crippen molar-refractivity contribution in [2.75, 3.05) is 39.3 Å². The number of nitrogens with one attached hydrogen (secondary N) is 2. The maximum Gasteiger partial charge on any atom is 0.326 e. The van der Waals surface area contributed by atoms with E-state index in [2.05, 4.69) is 79.0 Å². The minimum Gasteiger partial charge on any atom is -0.306 e. The number of para-hydroxylation sites is 2. The molecule has 10 rings (SSSR count). The largest absolute Gasteiger partial charge is 0.326 e. The Balaban J connectivity index is 0.000000172. The first-order valence-electron chi connectivity index (χ1n) is 22.8. The van der Waals surface area contributed by atoms with Crippen LogP contribution in [0.3, 0.4) is 0 Å². The number of ketones is 2. The molecule has 0 spiro atoms. The van der Waals surface area contributed by atoms with Crippen LogP contribution in [0.15, 0.2) is 129 Å². The Kier molecular flexibility index (Phi) is 14.3. The first-order valence-corrected chi connectivity index (χ1v) is 23.6. The van der Waals surface area contributed by atoms with Crippen LogP contribution >= 0.6 is 15.9 Å². The van der Waals surface area contributed by atoms with E-state index in [0.717, 1.165) is 121 Å². The number of nitrogens with zero attached hydrogens (tertiary/aromatic N) is 4. The monoisotopic (exact) mass is 924 g/mol. The van der Waals surface area contributed by atoms with Crippen molar-refractivity contribution in [1.29, 1.82) is 0 Å². The van der Waals surface area contributed by atoms with Gasteiger partial charge in [0.25, 0.3) is 0 Å². The van der Waals surface area contributed by atoms with E-state index in [9.17, 15) is 19.2 Å². The van der Waals surface area contributed by atoms with Gasteiger partial charge in [-0.1, -0.05) is 109 Å². The zero-order chi connectivity index (χ0) is 43.5. The fraction of sp³-hybridized carbons (Fsp3) is 0.396. The molecule has 11 heteroatoms. The van der Waals surface area contributed by atoms with E-state index in [1.54, 1.807) is 0 Å². The number of benzene rings is 5. The van der Waals surface area contributed by atoms with Crippen LogP contribution in [0.5, 0.6) is 0 Å². The Hall–Kier alpha value is -5.36. The summed E-state index contributed by atoms with van der Waals surface area (Å²) in [5.74, 6) is 1.66. The molecule has 1 saturated carbocycles. The van der Waals surface area contributed by atoms with Crippen LogP contribution in [-0.4, -0.2) is 79.7 Å². The highest BCUT2D eigenvalue weighted by atomic mass is 79.9. The third-order valence-corrected chi connectivity index (χ3v) is 14.1. The van der Waals surface area contributed by atoms with Crippen molar-refractivity contribution >= 4 is 60.3 Å². The molecule has 2 aliphatic heterocycles. The molecule has 2 saturated heterocycles. The van der Waals surface area contributed by atoms with E-state index in [-0.39, 0.29) is 42.6 Å². The van der Waals surface area contributed by atoms with Gasteiger partial charge in [-0.3, -0.25) is 18.7 Å². The van der Waals surface area contributed by atoms with Crippen LogP contribution in [-0.2, 0) is 4.79 Å². The number of carbonyl (C=O) groups excluding carboxylic acids is 2. The Bertz CT molecular complexity index is 2830. The lowest BCUT2D eigenvalue weighted by Gasteiger charge is -2.34. The summed E-state index contributed by atoms with van der Waals surface area (Å²) in [6.45, 7) is 7.93. The van der Waals surface area contributed by atoms with Crippen molar-refractivity contribution in [1.82, 2.24) is 28.9 Å². The summed E-state index contributed by atoms with van der Waals surface area (Å²) in [7, 11) is 0. The number of imidazole rings is 2. The third-order valence-electron chi connectivity index (χ3n) is 13.6. The second-order valence-electron chi connectivity index (χ2n) is 18.1. The normalized spacial score (nSPS) is 19.0. The van der Waals surface area contributed by atoms with Crippen LogP contribution in [0.1, 0.15) is 99.6 Å². The Morgan fingerprint density at radius 2 is 1.30 bits per heavy atom. The molecule has 4 heterocycles. The first-order chi connectivity index (χ1) is 30.7. The van der Waals surface area contributed by atoms with E-state index in [1.165, 1.54) is 5.56 Å². The highest BCUT2D eigenvalue weighted by Crippen LogP contribution is 2.48. The molecule has 0 bridgehead atoms. The van der Waals surface area contributed by atoms with Crippen molar-refractivity contribution in [2.45, 2.75) is 83.7 Å². The second kappa shape index (κ2) is 20.2. The lowest BCUT2D eigenvalue weighted by molar-refractivity contribution is -0.121. The zero-order valence-corrected chi connectivity index (χ0v) is 37.6. The van der Waals surface area contributed by atoms with Gasteiger partial charge in [-0.15, -0.1) is 0 Å². The SMILES string of the molecule is C.C[C@H](CC(=O)C1C[C@@H]1c1ccccc1)CN1CCC(n2c(=O)[nH]c3cc(Br)ccc32)CC1.O=C(CCCN1CCC(n2c(=O)[nH]c3ccccc32)CC1)c1ccc2ccccc2c1. The van der Waals surface area contributed by atoms with E-state index in [1.807, 2.05) is 88.0 Å². The number of aromatic amines is 2. The Labute approximate surface area is 383 Å². The summed E-state index contributed by atoms with van der Waals surface area (Å²) < 4.78 is 4.83. The van der Waals surface area contributed by atoms with Gasteiger partial charge in [0.2, 0.25) is 0 Å². The molecular formula is C53H61BrN6O4. The van der Waals surface area contributed by atoms with Gasteiger partial charge in [-0.25, -0.2) is 9.59 Å². The van der Waals surface area contributed by atoms with Gasteiger partial charge < -0.3 is 19.8 Å². The van der Waals surface area contributed by atoms with Crippen LogP contribution in [0.2, 0.25) is 0 Å². The number of Topliss-reactive ketones (excluding diaryl/α,β-unsaturated/α-hetero) is 2. The zero-order valence-electron chi connectivity index (χ0n) is 36.1. The highest BCUT2D eigenvalue weighted by Gasteiger charge is 2.43. The molecule has 64 heavy (non-hydrogen) atoms. The number of likely N-dealkylation sites (tertiary alicyclic amines) is 2. The summed E-state index contributed by atoms with van der Waals surface area (Å²) in [6, 6.07) is 38.9. The summed E-state index contributed by atoms with van der Waals surface area (Å²) in [6.07, 6.45) is 6.95. The van der Waals surface area contributed by atoms with Crippen molar-refractivity contribution < 1.29 is 9.59 Å². The minimum absolute atomic E-state index is 0. The maximum absolute atomic E-state index is 12.8. The molecule has 2 N–H and O–H groups in total. The van der Waals surface area contributed by atoms with Gasteiger partial charge in [0.15, 0.2) is 5.78 Å². The fourth-order valence-electron chi connectivity index (χ4n) is 10.3. The minimum atomic E-state index is -0.0204. The summed E-state index contributed by atoms with van der Waals surface area (Å²) >= 11 is 3.48. The number of aromatic nitrogens is 4. The summed E-state index contributed by atoms with van der Waals surface area (Å²) in [4.78, 5) is 61.3. The van der Waals surface area contributed by atoms with Crippen LogP contribution < -0.4 is 11.4 Å². The van der Waals surface area contributed by atoms with Crippen molar-refractivity contribution in [2.24, 2.45) is 11.8 Å². The van der Waals surface area contributed by atoms with Gasteiger partial charge >= 0.3 is 11.4 Å². The highest BCUT2D eigenvalue weighted by molar-refractivity contribution is 9.10. The van der Waals surface area contributed by atoms with Crippen LogP contribution in [0.4, 0.5) is 0 Å². The molecule has 334 valence electrons. The molecular weight excluding hydrogens is 865 g/mol. The van der Waals surface area contributed by atoms with Crippen molar-refractivity contribution in [3.63, 3.8) is 0 Å². The molecule has 7 aromatic rings. The van der Waals surface area contributed by atoms with E-state index in [0.29, 0.717) is 30.5 Å².